The molecule has 3 fully saturated rings. The third kappa shape index (κ3) is 3.98. The Morgan fingerprint density at radius 3 is 2.67 bits per heavy atom. The third-order valence-corrected chi connectivity index (χ3v) is 5.77. The largest absolute Gasteiger partial charge is 0.378 e. The first-order chi connectivity index (χ1) is 10.2. The maximum atomic E-state index is 12.2. The summed E-state index contributed by atoms with van der Waals surface area (Å²) in [5.41, 5.74) is 0. The maximum Gasteiger partial charge on any atom is 0.224 e. The molecule has 3 rings (SSSR count). The zero-order valence-corrected chi connectivity index (χ0v) is 13.4. The quantitative estimate of drug-likeness (QED) is 0.815. The number of fused-ring (bicyclic) bond motifs is 2. The second-order valence-electron chi connectivity index (χ2n) is 7.28. The summed E-state index contributed by atoms with van der Waals surface area (Å²) in [7, 11) is 1.97. The molecule has 3 atom stereocenters. The lowest BCUT2D eigenvalue weighted by molar-refractivity contribution is -0.132. The van der Waals surface area contributed by atoms with Gasteiger partial charge in [-0.25, -0.2) is 0 Å². The van der Waals surface area contributed by atoms with E-state index in [0.717, 1.165) is 50.2 Å². The van der Waals surface area contributed by atoms with E-state index in [0.29, 0.717) is 19.1 Å². The molecule has 0 aromatic carbocycles. The second kappa shape index (κ2) is 7.10. The van der Waals surface area contributed by atoms with Crippen LogP contribution in [-0.2, 0) is 9.53 Å². The van der Waals surface area contributed by atoms with Crippen LogP contribution in [0.25, 0.3) is 0 Å². The Bertz CT molecular complexity index is 355. The molecule has 1 N–H and O–H groups in total. The minimum Gasteiger partial charge on any atom is -0.378 e. The van der Waals surface area contributed by atoms with Gasteiger partial charge in [0, 0.05) is 13.6 Å². The predicted octanol–water partition coefficient (Wildman–Crippen LogP) is 2.04. The van der Waals surface area contributed by atoms with Gasteiger partial charge in [-0.3, -0.25) is 4.79 Å². The van der Waals surface area contributed by atoms with Crippen LogP contribution in [0.5, 0.6) is 0 Å². The molecule has 1 aliphatic heterocycles. The molecule has 2 bridgehead atoms. The lowest BCUT2D eigenvalue weighted by Gasteiger charge is -2.28. The zero-order chi connectivity index (χ0) is 14.7. The van der Waals surface area contributed by atoms with Crippen molar-refractivity contribution in [3.8, 4) is 0 Å². The van der Waals surface area contributed by atoms with Crippen molar-refractivity contribution < 1.29 is 9.53 Å². The van der Waals surface area contributed by atoms with Crippen LogP contribution < -0.4 is 5.32 Å². The Morgan fingerprint density at radius 2 is 2.00 bits per heavy atom. The number of hydrogen-bond donors (Lipinski definition) is 1. The first-order valence-electron chi connectivity index (χ1n) is 8.78. The summed E-state index contributed by atoms with van der Waals surface area (Å²) in [6, 6.07) is 0. The maximum absolute atomic E-state index is 12.2. The fraction of sp³-hybridized carbons (Fsp3) is 0.941. The normalized spacial score (nSPS) is 32.5. The average molecular weight is 294 g/mol. The van der Waals surface area contributed by atoms with Gasteiger partial charge >= 0.3 is 0 Å². The van der Waals surface area contributed by atoms with Crippen LogP contribution in [0.2, 0.25) is 0 Å². The minimum absolute atomic E-state index is 0.256. The number of hydrogen-bond acceptors (Lipinski definition) is 3. The zero-order valence-electron chi connectivity index (χ0n) is 13.4. The highest BCUT2D eigenvalue weighted by Gasteiger charge is 2.39. The van der Waals surface area contributed by atoms with Crippen molar-refractivity contribution >= 4 is 5.91 Å². The lowest BCUT2D eigenvalue weighted by Crippen LogP contribution is -2.35. The molecule has 2 saturated carbocycles. The van der Waals surface area contributed by atoms with Gasteiger partial charge in [-0.2, -0.15) is 0 Å². The standard InChI is InChI=1S/C17H30N2O2/c1-19(12-15-11-13-2-3-14(15)10-13)17(20)6-9-21-16-4-7-18-8-5-16/h13-16,18H,2-12H2,1H3. The summed E-state index contributed by atoms with van der Waals surface area (Å²) >= 11 is 0. The molecule has 3 unspecified atom stereocenters. The van der Waals surface area contributed by atoms with Gasteiger partial charge in [0.1, 0.15) is 0 Å². The van der Waals surface area contributed by atoms with Crippen molar-refractivity contribution in [2.45, 2.75) is 51.0 Å². The third-order valence-electron chi connectivity index (χ3n) is 5.77. The first-order valence-corrected chi connectivity index (χ1v) is 8.78. The lowest BCUT2D eigenvalue weighted by atomic mass is 9.88. The molecule has 0 aromatic rings. The number of amides is 1. The highest BCUT2D eigenvalue weighted by Crippen LogP contribution is 2.48. The predicted molar refractivity (Wildman–Crippen MR) is 83.0 cm³/mol. The van der Waals surface area contributed by atoms with Gasteiger partial charge in [0.2, 0.25) is 5.91 Å². The summed E-state index contributed by atoms with van der Waals surface area (Å²) < 4.78 is 5.84. The van der Waals surface area contributed by atoms with E-state index in [1.54, 1.807) is 0 Å². The summed E-state index contributed by atoms with van der Waals surface area (Å²) in [6.45, 7) is 3.64. The Balaban J connectivity index is 1.32. The molecule has 0 aromatic heterocycles. The highest BCUT2D eigenvalue weighted by atomic mass is 16.5. The summed E-state index contributed by atoms with van der Waals surface area (Å²) in [6.07, 6.45) is 8.67. The van der Waals surface area contributed by atoms with Crippen LogP contribution in [0.4, 0.5) is 0 Å². The van der Waals surface area contributed by atoms with Crippen molar-refractivity contribution in [1.82, 2.24) is 10.2 Å². The molecule has 3 aliphatic rings. The molecule has 1 amide bonds. The SMILES string of the molecule is CN(CC1CC2CCC1C2)C(=O)CCOC1CCNCC1. The minimum atomic E-state index is 0.256. The van der Waals surface area contributed by atoms with Crippen LogP contribution in [0.3, 0.4) is 0 Å². The smallest absolute Gasteiger partial charge is 0.224 e. The van der Waals surface area contributed by atoms with Gasteiger partial charge < -0.3 is 15.0 Å². The molecule has 21 heavy (non-hydrogen) atoms. The molecule has 0 spiro atoms. The molecule has 1 heterocycles. The van der Waals surface area contributed by atoms with Crippen molar-refractivity contribution in [3.63, 3.8) is 0 Å². The van der Waals surface area contributed by atoms with Gasteiger partial charge in [0.25, 0.3) is 0 Å². The van der Waals surface area contributed by atoms with E-state index in [1.807, 2.05) is 11.9 Å². The average Bonchev–Trinajstić information content (AvgIpc) is 3.11. The number of piperidine rings is 1. The van der Waals surface area contributed by atoms with Crippen molar-refractivity contribution in [3.05, 3.63) is 0 Å². The fourth-order valence-electron chi connectivity index (χ4n) is 4.52. The summed E-state index contributed by atoms with van der Waals surface area (Å²) in [5, 5.41) is 3.33. The number of nitrogens with zero attached hydrogens (tertiary/aromatic N) is 1. The molecule has 0 radical (unpaired) electrons. The fourth-order valence-corrected chi connectivity index (χ4v) is 4.52. The number of ether oxygens (including phenoxy) is 1. The summed E-state index contributed by atoms with van der Waals surface area (Å²) in [4.78, 5) is 14.2. The Morgan fingerprint density at radius 1 is 1.19 bits per heavy atom. The molecule has 4 nitrogen and oxygen atoms in total. The van der Waals surface area contributed by atoms with Crippen molar-refractivity contribution in [2.75, 3.05) is 33.3 Å². The Kier molecular flexibility index (Phi) is 5.17. The van der Waals surface area contributed by atoms with Crippen LogP contribution in [0, 0.1) is 17.8 Å². The first kappa shape index (κ1) is 15.3. The molecule has 4 heteroatoms. The van der Waals surface area contributed by atoms with Gasteiger partial charge in [-0.05, 0) is 62.9 Å². The van der Waals surface area contributed by atoms with E-state index in [9.17, 15) is 4.79 Å². The van der Waals surface area contributed by atoms with E-state index in [-0.39, 0.29) is 5.91 Å². The topological polar surface area (TPSA) is 41.6 Å². The van der Waals surface area contributed by atoms with E-state index in [2.05, 4.69) is 5.32 Å². The van der Waals surface area contributed by atoms with Gasteiger partial charge in [-0.1, -0.05) is 6.42 Å². The Labute approximate surface area is 128 Å². The van der Waals surface area contributed by atoms with E-state index >= 15 is 0 Å². The van der Waals surface area contributed by atoms with Crippen LogP contribution in [0.1, 0.15) is 44.9 Å². The van der Waals surface area contributed by atoms with E-state index < -0.39 is 0 Å². The number of nitrogens with one attached hydrogen (secondary N) is 1. The molecular weight excluding hydrogens is 264 g/mol. The van der Waals surface area contributed by atoms with Crippen molar-refractivity contribution in [1.29, 1.82) is 0 Å². The van der Waals surface area contributed by atoms with Gasteiger partial charge in [0.05, 0.1) is 19.1 Å². The van der Waals surface area contributed by atoms with Crippen molar-refractivity contribution in [2.24, 2.45) is 17.8 Å². The number of carbonyl (C=O) groups is 1. The monoisotopic (exact) mass is 294 g/mol. The van der Waals surface area contributed by atoms with Crippen LogP contribution >= 0.6 is 0 Å². The number of carbonyl (C=O) groups excluding carboxylic acids is 1. The van der Waals surface area contributed by atoms with Crippen LogP contribution in [0.15, 0.2) is 0 Å². The van der Waals surface area contributed by atoms with Gasteiger partial charge in [-0.15, -0.1) is 0 Å². The van der Waals surface area contributed by atoms with Gasteiger partial charge in [0.15, 0.2) is 0 Å². The number of rotatable bonds is 6. The van der Waals surface area contributed by atoms with E-state index in [4.69, 9.17) is 4.74 Å². The highest BCUT2D eigenvalue weighted by molar-refractivity contribution is 5.75. The Hall–Kier alpha value is -0.610. The van der Waals surface area contributed by atoms with E-state index in [1.165, 1.54) is 25.7 Å². The second-order valence-corrected chi connectivity index (χ2v) is 7.28. The molecular formula is C17H30N2O2. The molecule has 1 saturated heterocycles. The molecule has 2 aliphatic carbocycles. The molecule has 120 valence electrons. The summed E-state index contributed by atoms with van der Waals surface area (Å²) in [5.74, 6) is 2.89. The van der Waals surface area contributed by atoms with Crippen LogP contribution in [-0.4, -0.2) is 50.2 Å².